The summed E-state index contributed by atoms with van der Waals surface area (Å²) in [5, 5.41) is 0. The van der Waals surface area contributed by atoms with Crippen LogP contribution >= 0.6 is 0 Å². The largest absolute Gasteiger partial charge is 0.493 e. The molecule has 3 rings (SSSR count). The lowest BCUT2D eigenvalue weighted by Crippen LogP contribution is -2.23. The number of benzene rings is 1. The summed E-state index contributed by atoms with van der Waals surface area (Å²) in [5.74, 6) is 3.52. The molecule has 0 saturated heterocycles. The predicted octanol–water partition coefficient (Wildman–Crippen LogP) is 6.19. The number of hydrogen-bond acceptors (Lipinski definition) is 1. The minimum atomic E-state index is 0.521. The van der Waals surface area contributed by atoms with Crippen LogP contribution in [0.5, 0.6) is 5.75 Å². The second-order valence-electron chi connectivity index (χ2n) is 8.24. The van der Waals surface area contributed by atoms with Crippen molar-refractivity contribution in [2.75, 3.05) is 6.61 Å². The Morgan fingerprint density at radius 3 is 2.32 bits per heavy atom. The van der Waals surface area contributed by atoms with E-state index in [9.17, 15) is 0 Å². The van der Waals surface area contributed by atoms with E-state index in [0.29, 0.717) is 11.3 Å². The first-order valence-electron chi connectivity index (χ1n) is 9.33. The fraction of sp³-hybridized carbons (Fsp3) is 0.714. The molecule has 0 aliphatic heterocycles. The molecule has 1 heteroatoms. The number of hydrogen-bond donors (Lipinski definition) is 0. The monoisotopic (exact) mass is 300 g/mol. The summed E-state index contributed by atoms with van der Waals surface area (Å²) in [4.78, 5) is 0. The van der Waals surface area contributed by atoms with Gasteiger partial charge in [-0.05, 0) is 80.4 Å². The Balaban J connectivity index is 1.57. The second kappa shape index (κ2) is 6.64. The standard InChI is InChI=1S/C21H32O/c1-4-18(13-16(2)3)19-5-7-20(8-6-19)22-15-21-11-9-17(14-21)10-12-21/h5-8,16-18H,4,9-15H2,1-3H3. The van der Waals surface area contributed by atoms with E-state index in [1.807, 2.05) is 0 Å². The van der Waals surface area contributed by atoms with Gasteiger partial charge in [-0.3, -0.25) is 0 Å². The third-order valence-electron chi connectivity index (χ3n) is 6.03. The van der Waals surface area contributed by atoms with Crippen LogP contribution in [-0.2, 0) is 0 Å². The molecule has 1 nitrogen and oxygen atoms in total. The molecule has 22 heavy (non-hydrogen) atoms. The van der Waals surface area contributed by atoms with Crippen LogP contribution in [0.2, 0.25) is 0 Å². The molecule has 2 aliphatic carbocycles. The molecule has 2 bridgehead atoms. The molecule has 122 valence electrons. The quantitative estimate of drug-likeness (QED) is 0.583. The summed E-state index contributed by atoms with van der Waals surface area (Å²) in [6.07, 6.45) is 9.58. The van der Waals surface area contributed by atoms with Crippen molar-refractivity contribution < 1.29 is 4.74 Å². The normalized spacial score (nSPS) is 28.3. The van der Waals surface area contributed by atoms with Gasteiger partial charge in [0.2, 0.25) is 0 Å². The molecule has 0 amide bonds. The molecule has 1 aromatic carbocycles. The molecule has 0 N–H and O–H groups in total. The summed E-state index contributed by atoms with van der Waals surface area (Å²) < 4.78 is 6.16. The minimum Gasteiger partial charge on any atom is -0.493 e. The first-order valence-corrected chi connectivity index (χ1v) is 9.33. The van der Waals surface area contributed by atoms with Gasteiger partial charge in [0.15, 0.2) is 0 Å². The predicted molar refractivity (Wildman–Crippen MR) is 93.4 cm³/mol. The fourth-order valence-electron chi connectivity index (χ4n) is 4.69. The number of fused-ring (bicyclic) bond motifs is 2. The van der Waals surface area contributed by atoms with E-state index in [0.717, 1.165) is 24.2 Å². The first-order chi connectivity index (χ1) is 10.6. The van der Waals surface area contributed by atoms with Gasteiger partial charge in [0.1, 0.15) is 5.75 Å². The molecule has 2 fully saturated rings. The third-order valence-corrected chi connectivity index (χ3v) is 6.03. The maximum Gasteiger partial charge on any atom is 0.119 e. The lowest BCUT2D eigenvalue weighted by molar-refractivity contribution is 0.152. The van der Waals surface area contributed by atoms with Gasteiger partial charge in [0.25, 0.3) is 0 Å². The number of rotatable bonds is 7. The molecule has 1 unspecified atom stereocenters. The van der Waals surface area contributed by atoms with Crippen LogP contribution in [0.4, 0.5) is 0 Å². The summed E-state index contributed by atoms with van der Waals surface area (Å²) >= 11 is 0. The topological polar surface area (TPSA) is 9.23 Å². The molecular weight excluding hydrogens is 268 g/mol. The Morgan fingerprint density at radius 1 is 1.14 bits per heavy atom. The third kappa shape index (κ3) is 3.50. The van der Waals surface area contributed by atoms with Crippen molar-refractivity contribution >= 4 is 0 Å². The van der Waals surface area contributed by atoms with Crippen molar-refractivity contribution in [2.24, 2.45) is 17.3 Å². The van der Waals surface area contributed by atoms with Gasteiger partial charge in [-0.2, -0.15) is 0 Å². The van der Waals surface area contributed by atoms with Gasteiger partial charge in [-0.1, -0.05) is 32.9 Å². The maximum absolute atomic E-state index is 6.16. The van der Waals surface area contributed by atoms with Crippen molar-refractivity contribution in [3.05, 3.63) is 29.8 Å². The van der Waals surface area contributed by atoms with Crippen molar-refractivity contribution in [2.45, 2.75) is 71.6 Å². The molecular formula is C21H32O. The van der Waals surface area contributed by atoms with E-state index in [-0.39, 0.29) is 0 Å². The summed E-state index contributed by atoms with van der Waals surface area (Å²) in [7, 11) is 0. The molecule has 0 spiro atoms. The SMILES string of the molecule is CCC(CC(C)C)c1ccc(OCC23CCC(CC2)C3)cc1. The fourth-order valence-corrected chi connectivity index (χ4v) is 4.69. The van der Waals surface area contributed by atoms with Crippen LogP contribution in [-0.4, -0.2) is 6.61 Å². The van der Waals surface area contributed by atoms with Crippen molar-refractivity contribution in [1.82, 2.24) is 0 Å². The van der Waals surface area contributed by atoms with Crippen LogP contribution in [0, 0.1) is 17.3 Å². The van der Waals surface area contributed by atoms with Gasteiger partial charge in [-0.15, -0.1) is 0 Å². The highest BCUT2D eigenvalue weighted by molar-refractivity contribution is 5.29. The lowest BCUT2D eigenvalue weighted by atomic mass is 9.85. The molecule has 0 aromatic heterocycles. The molecule has 1 aromatic rings. The van der Waals surface area contributed by atoms with Crippen LogP contribution in [0.25, 0.3) is 0 Å². The highest BCUT2D eigenvalue weighted by Crippen LogP contribution is 2.54. The zero-order chi connectivity index (χ0) is 15.6. The minimum absolute atomic E-state index is 0.521. The Labute approximate surface area is 136 Å². The zero-order valence-corrected chi connectivity index (χ0v) is 14.6. The Hall–Kier alpha value is -0.980. The van der Waals surface area contributed by atoms with E-state index in [4.69, 9.17) is 4.74 Å². The Bertz CT molecular complexity index is 465. The second-order valence-corrected chi connectivity index (χ2v) is 8.24. The highest BCUT2D eigenvalue weighted by Gasteiger charge is 2.45. The van der Waals surface area contributed by atoms with E-state index < -0.39 is 0 Å². The lowest BCUT2D eigenvalue weighted by Gasteiger charge is -2.26. The van der Waals surface area contributed by atoms with E-state index in [1.54, 1.807) is 0 Å². The molecule has 0 heterocycles. The highest BCUT2D eigenvalue weighted by atomic mass is 16.5. The van der Waals surface area contributed by atoms with E-state index in [1.165, 1.54) is 50.5 Å². The maximum atomic E-state index is 6.16. The van der Waals surface area contributed by atoms with Gasteiger partial charge >= 0.3 is 0 Å². The van der Waals surface area contributed by atoms with Crippen molar-refractivity contribution in [3.63, 3.8) is 0 Å². The van der Waals surface area contributed by atoms with Crippen LogP contribution in [0.3, 0.4) is 0 Å². The average Bonchev–Trinajstić information content (AvgIpc) is 3.12. The molecule has 0 radical (unpaired) electrons. The van der Waals surface area contributed by atoms with Gasteiger partial charge in [0, 0.05) is 5.41 Å². The van der Waals surface area contributed by atoms with Crippen LogP contribution in [0.1, 0.15) is 77.2 Å². The van der Waals surface area contributed by atoms with E-state index >= 15 is 0 Å². The van der Waals surface area contributed by atoms with Crippen LogP contribution < -0.4 is 4.74 Å². The molecule has 2 aliphatic rings. The van der Waals surface area contributed by atoms with Gasteiger partial charge < -0.3 is 4.74 Å². The summed E-state index contributed by atoms with van der Waals surface area (Å²) in [6.45, 7) is 7.87. The number of ether oxygens (including phenoxy) is 1. The smallest absolute Gasteiger partial charge is 0.119 e. The van der Waals surface area contributed by atoms with Gasteiger partial charge in [0.05, 0.1) is 6.61 Å². The average molecular weight is 300 g/mol. The van der Waals surface area contributed by atoms with Crippen molar-refractivity contribution in [1.29, 1.82) is 0 Å². The van der Waals surface area contributed by atoms with Gasteiger partial charge in [-0.25, -0.2) is 0 Å². The summed E-state index contributed by atoms with van der Waals surface area (Å²) in [5.41, 5.74) is 2.00. The first kappa shape index (κ1) is 15.9. The Morgan fingerprint density at radius 2 is 1.82 bits per heavy atom. The zero-order valence-electron chi connectivity index (χ0n) is 14.6. The van der Waals surface area contributed by atoms with Crippen molar-refractivity contribution in [3.8, 4) is 5.75 Å². The van der Waals surface area contributed by atoms with Crippen LogP contribution in [0.15, 0.2) is 24.3 Å². The molecule has 2 saturated carbocycles. The van der Waals surface area contributed by atoms with E-state index in [2.05, 4.69) is 45.0 Å². The summed E-state index contributed by atoms with van der Waals surface area (Å²) in [6, 6.07) is 8.96. The molecule has 1 atom stereocenters. The Kier molecular flexibility index (Phi) is 4.80.